The van der Waals surface area contributed by atoms with Crippen LogP contribution in [0.4, 0.5) is 0 Å². The third-order valence-electron chi connectivity index (χ3n) is 3.19. The van der Waals surface area contributed by atoms with E-state index in [-0.39, 0.29) is 30.2 Å². The van der Waals surface area contributed by atoms with Crippen LogP contribution in [0.25, 0.3) is 0 Å². The lowest BCUT2D eigenvalue weighted by Gasteiger charge is -2.16. The quantitative estimate of drug-likeness (QED) is 0.283. The second-order valence-electron chi connectivity index (χ2n) is 6.20. The van der Waals surface area contributed by atoms with Gasteiger partial charge >= 0.3 is 5.97 Å². The topological polar surface area (TPSA) is 61.8 Å². The number of carbonyl (C=O) groups is 2. The summed E-state index contributed by atoms with van der Waals surface area (Å²) in [6.45, 7) is 11.1. The fraction of sp³-hybridized carbons (Fsp3) is 0.474. The monoisotopic (exact) mass is 396 g/mol. The zero-order valence-electron chi connectivity index (χ0n) is 15.9. The van der Waals surface area contributed by atoms with Crippen molar-refractivity contribution in [2.45, 2.75) is 63.5 Å². The average Bonchev–Trinajstić information content (AvgIpc) is 2.94. The van der Waals surface area contributed by atoms with Crippen molar-refractivity contribution in [1.82, 2.24) is 0 Å². The molecule has 0 spiro atoms. The minimum absolute atomic E-state index is 0.00642. The molecule has 0 atom stereocenters. The van der Waals surface area contributed by atoms with Gasteiger partial charge in [-0.3, -0.25) is 4.79 Å². The molecule has 0 aromatic heterocycles. The number of esters is 1. The lowest BCUT2D eigenvalue weighted by molar-refractivity contribution is -0.139. The molecule has 0 aliphatic carbocycles. The van der Waals surface area contributed by atoms with Crippen LogP contribution < -0.4 is 9.47 Å². The van der Waals surface area contributed by atoms with Crippen molar-refractivity contribution in [3.8, 4) is 11.5 Å². The maximum Gasteiger partial charge on any atom is 0.343 e. The van der Waals surface area contributed by atoms with Crippen molar-refractivity contribution in [2.75, 3.05) is 6.61 Å². The minimum atomic E-state index is -0.597. The molecule has 0 saturated heterocycles. The van der Waals surface area contributed by atoms with Gasteiger partial charge in [-0.2, -0.15) is 0 Å². The molecular weight excluding hydrogens is 372 g/mol. The predicted octanol–water partition coefficient (Wildman–Crippen LogP) is 4.82. The van der Waals surface area contributed by atoms with E-state index in [2.05, 4.69) is 0 Å². The summed E-state index contributed by atoms with van der Waals surface area (Å²) >= 11 is 2.71. The van der Waals surface area contributed by atoms with Crippen LogP contribution in [-0.4, -0.2) is 30.6 Å². The standard InChI is InChI=1S/C19H24O5S2/c1-7-22-18(21)15(12(6)20)19-25-16-13(23-10(2)3)8-9-14(17(16)26-19)24-11(4)5/h8-11H,7H2,1-6H3. The van der Waals surface area contributed by atoms with Crippen LogP contribution in [0.5, 0.6) is 11.5 Å². The summed E-state index contributed by atoms with van der Waals surface area (Å²) in [4.78, 5) is 26.1. The van der Waals surface area contributed by atoms with Crippen molar-refractivity contribution in [1.29, 1.82) is 0 Å². The molecule has 7 heteroatoms. The first-order valence-electron chi connectivity index (χ1n) is 8.52. The smallest absolute Gasteiger partial charge is 0.343 e. The van der Waals surface area contributed by atoms with Crippen LogP contribution in [0.1, 0.15) is 41.5 Å². The fourth-order valence-corrected chi connectivity index (χ4v) is 5.06. The fourth-order valence-electron chi connectivity index (χ4n) is 2.30. The highest BCUT2D eigenvalue weighted by atomic mass is 32.2. The SMILES string of the molecule is CCOC(=O)C(C(C)=O)=C1Sc2c(OC(C)C)ccc(OC(C)C)c2S1. The van der Waals surface area contributed by atoms with E-state index in [1.165, 1.54) is 30.4 Å². The summed E-state index contributed by atoms with van der Waals surface area (Å²) < 4.78 is 17.5. The van der Waals surface area contributed by atoms with Gasteiger partial charge in [-0.15, -0.1) is 0 Å². The van der Waals surface area contributed by atoms with Crippen molar-refractivity contribution in [3.63, 3.8) is 0 Å². The Balaban J connectivity index is 2.52. The van der Waals surface area contributed by atoms with E-state index < -0.39 is 5.97 Å². The van der Waals surface area contributed by atoms with Crippen molar-refractivity contribution in [3.05, 3.63) is 21.9 Å². The summed E-state index contributed by atoms with van der Waals surface area (Å²) in [6, 6.07) is 3.73. The molecule has 5 nitrogen and oxygen atoms in total. The summed E-state index contributed by atoms with van der Waals surface area (Å²) in [5, 5.41) is 0. The summed E-state index contributed by atoms with van der Waals surface area (Å²) in [7, 11) is 0. The molecule has 142 valence electrons. The Hall–Kier alpha value is -1.60. The Kier molecular flexibility index (Phi) is 7.06. The van der Waals surface area contributed by atoms with E-state index in [1.54, 1.807) is 6.92 Å². The molecule has 1 aliphatic heterocycles. The molecule has 1 heterocycles. The van der Waals surface area contributed by atoms with E-state index >= 15 is 0 Å². The molecule has 0 unspecified atom stereocenters. The van der Waals surface area contributed by atoms with Gasteiger partial charge in [0.2, 0.25) is 0 Å². The number of hydrogen-bond donors (Lipinski definition) is 0. The second-order valence-corrected chi connectivity index (χ2v) is 8.50. The Labute approximate surface area is 162 Å². The third kappa shape index (κ3) is 4.76. The highest BCUT2D eigenvalue weighted by Gasteiger charge is 2.32. The zero-order chi connectivity index (χ0) is 19.4. The van der Waals surface area contributed by atoms with Gasteiger partial charge in [0.15, 0.2) is 5.78 Å². The van der Waals surface area contributed by atoms with Crippen molar-refractivity contribution >= 4 is 35.3 Å². The van der Waals surface area contributed by atoms with E-state index in [0.29, 0.717) is 15.7 Å². The average molecular weight is 397 g/mol. The van der Waals surface area contributed by atoms with E-state index in [9.17, 15) is 9.59 Å². The molecule has 0 saturated carbocycles. The van der Waals surface area contributed by atoms with Gasteiger partial charge in [0.1, 0.15) is 17.1 Å². The number of Topliss-reactive ketones (excluding diaryl/α,β-unsaturated/α-hetero) is 1. The lowest BCUT2D eigenvalue weighted by atomic mass is 10.2. The van der Waals surface area contributed by atoms with E-state index in [4.69, 9.17) is 14.2 Å². The van der Waals surface area contributed by atoms with Crippen LogP contribution in [0.15, 0.2) is 31.7 Å². The molecular formula is C19H24O5S2. The van der Waals surface area contributed by atoms with Crippen molar-refractivity contribution < 1.29 is 23.8 Å². The number of carbonyl (C=O) groups excluding carboxylic acids is 2. The minimum Gasteiger partial charge on any atom is -0.490 e. The second kappa shape index (κ2) is 8.86. The van der Waals surface area contributed by atoms with Gasteiger partial charge in [0.25, 0.3) is 0 Å². The van der Waals surface area contributed by atoms with Crippen LogP contribution >= 0.6 is 23.5 Å². The Morgan fingerprint density at radius 1 is 0.962 bits per heavy atom. The molecule has 1 aromatic carbocycles. The van der Waals surface area contributed by atoms with Gasteiger partial charge in [-0.05, 0) is 53.7 Å². The number of ketones is 1. The number of benzene rings is 1. The summed E-state index contributed by atoms with van der Waals surface area (Å²) in [5.74, 6) is 0.514. The first-order chi connectivity index (χ1) is 12.2. The molecule has 0 radical (unpaired) electrons. The molecule has 0 fully saturated rings. The summed E-state index contributed by atoms with van der Waals surface area (Å²) in [5.41, 5.74) is 0.0732. The molecule has 26 heavy (non-hydrogen) atoms. The molecule has 1 aromatic rings. The number of rotatable bonds is 7. The number of hydrogen-bond acceptors (Lipinski definition) is 7. The highest BCUT2D eigenvalue weighted by molar-refractivity contribution is 8.25. The maximum atomic E-state index is 12.3. The van der Waals surface area contributed by atoms with E-state index in [1.807, 2.05) is 39.8 Å². The summed E-state index contributed by atoms with van der Waals surface area (Å²) in [6.07, 6.45) is 0.0128. The third-order valence-corrected chi connectivity index (χ3v) is 5.82. The van der Waals surface area contributed by atoms with Gasteiger partial charge in [-0.25, -0.2) is 4.79 Å². The largest absolute Gasteiger partial charge is 0.490 e. The van der Waals surface area contributed by atoms with Gasteiger partial charge in [0.05, 0.1) is 32.8 Å². The molecule has 2 rings (SSSR count). The first-order valence-corrected chi connectivity index (χ1v) is 10.2. The maximum absolute atomic E-state index is 12.3. The van der Waals surface area contributed by atoms with Gasteiger partial charge in [-0.1, -0.05) is 23.5 Å². The Morgan fingerprint density at radius 3 is 1.77 bits per heavy atom. The predicted molar refractivity (Wildman–Crippen MR) is 104 cm³/mol. The van der Waals surface area contributed by atoms with Crippen molar-refractivity contribution in [2.24, 2.45) is 0 Å². The van der Waals surface area contributed by atoms with E-state index in [0.717, 1.165) is 9.79 Å². The lowest BCUT2D eigenvalue weighted by Crippen LogP contribution is -2.14. The normalized spacial score (nSPS) is 13.0. The first kappa shape index (κ1) is 20.7. The Bertz CT molecular complexity index is 697. The van der Waals surface area contributed by atoms with Crippen LogP contribution in [-0.2, 0) is 14.3 Å². The molecule has 0 N–H and O–H groups in total. The van der Waals surface area contributed by atoms with Gasteiger partial charge in [0, 0.05) is 0 Å². The number of fused-ring (bicyclic) bond motifs is 1. The zero-order valence-corrected chi connectivity index (χ0v) is 17.5. The van der Waals surface area contributed by atoms with Crippen LogP contribution in [0, 0.1) is 0 Å². The Morgan fingerprint density at radius 2 is 1.42 bits per heavy atom. The van der Waals surface area contributed by atoms with Crippen LogP contribution in [0.3, 0.4) is 0 Å². The molecule has 0 bridgehead atoms. The van der Waals surface area contributed by atoms with Crippen LogP contribution in [0.2, 0.25) is 0 Å². The molecule has 1 aliphatic rings. The van der Waals surface area contributed by atoms with Gasteiger partial charge < -0.3 is 14.2 Å². The molecule has 0 amide bonds. The highest BCUT2D eigenvalue weighted by Crippen LogP contribution is 2.59. The number of ether oxygens (including phenoxy) is 3. The number of thioether (sulfide) groups is 2.